The molecular formula is C18H21BrN2O4. The van der Waals surface area contributed by atoms with E-state index in [0.717, 1.165) is 16.6 Å². The molecule has 0 saturated carbocycles. The number of pyridine rings is 2. The van der Waals surface area contributed by atoms with E-state index in [1.54, 1.807) is 37.5 Å². The topological polar surface area (TPSA) is 89.4 Å². The number of aromatic nitrogens is 2. The van der Waals surface area contributed by atoms with E-state index in [-0.39, 0.29) is 5.97 Å². The molecule has 0 aliphatic heterocycles. The maximum absolute atomic E-state index is 11.3. The Kier molecular flexibility index (Phi) is 8.77. The van der Waals surface area contributed by atoms with Crippen LogP contribution < -0.4 is 0 Å². The molecule has 2 aromatic rings. The Labute approximate surface area is 155 Å². The van der Waals surface area contributed by atoms with E-state index < -0.39 is 5.97 Å². The van der Waals surface area contributed by atoms with Crippen LogP contribution >= 0.6 is 15.9 Å². The van der Waals surface area contributed by atoms with Crippen molar-refractivity contribution in [3.8, 4) is 0 Å². The number of rotatable bonds is 5. The Morgan fingerprint density at radius 2 is 1.84 bits per heavy atom. The van der Waals surface area contributed by atoms with Crippen molar-refractivity contribution < 1.29 is 19.4 Å². The number of carboxylic acid groups (broad SMARTS) is 1. The van der Waals surface area contributed by atoms with Crippen molar-refractivity contribution in [2.45, 2.75) is 33.6 Å². The van der Waals surface area contributed by atoms with Gasteiger partial charge in [-0.3, -0.25) is 9.97 Å². The van der Waals surface area contributed by atoms with Gasteiger partial charge in [-0.15, -0.1) is 0 Å². The van der Waals surface area contributed by atoms with Gasteiger partial charge in [0.1, 0.15) is 0 Å². The molecule has 0 aromatic carbocycles. The molecular weight excluding hydrogens is 388 g/mol. The van der Waals surface area contributed by atoms with E-state index in [1.807, 2.05) is 13.8 Å². The van der Waals surface area contributed by atoms with Crippen LogP contribution in [0.15, 0.2) is 35.1 Å². The summed E-state index contributed by atoms with van der Waals surface area (Å²) in [5.41, 5.74) is 2.36. The van der Waals surface area contributed by atoms with E-state index in [4.69, 9.17) is 9.84 Å². The van der Waals surface area contributed by atoms with Crippen LogP contribution in [0.5, 0.6) is 0 Å². The largest absolute Gasteiger partial charge is 0.478 e. The van der Waals surface area contributed by atoms with Gasteiger partial charge in [-0.05, 0) is 53.9 Å². The number of carboxylic acids is 1. The number of nitrogens with zero attached hydrogens (tertiary/aromatic N) is 2. The third kappa shape index (κ3) is 6.26. The molecule has 0 aliphatic carbocycles. The van der Waals surface area contributed by atoms with E-state index in [0.29, 0.717) is 29.8 Å². The number of hydrogen-bond donors (Lipinski definition) is 1. The molecule has 0 atom stereocenters. The van der Waals surface area contributed by atoms with Gasteiger partial charge < -0.3 is 9.84 Å². The first-order valence-corrected chi connectivity index (χ1v) is 8.72. The van der Waals surface area contributed by atoms with E-state index >= 15 is 0 Å². The monoisotopic (exact) mass is 408 g/mol. The Hall–Kier alpha value is -2.28. The summed E-state index contributed by atoms with van der Waals surface area (Å²) in [6.45, 7) is 6.05. The van der Waals surface area contributed by atoms with Crippen LogP contribution in [0.3, 0.4) is 0 Å². The average Bonchev–Trinajstić information content (AvgIpc) is 2.62. The molecule has 1 N–H and O–H groups in total. The van der Waals surface area contributed by atoms with Gasteiger partial charge in [0.15, 0.2) is 0 Å². The molecule has 0 aliphatic rings. The van der Waals surface area contributed by atoms with Crippen LogP contribution in [0.2, 0.25) is 0 Å². The summed E-state index contributed by atoms with van der Waals surface area (Å²) in [6, 6.07) is 4.93. The lowest BCUT2D eigenvalue weighted by atomic mass is 10.1. The fourth-order valence-electron chi connectivity index (χ4n) is 1.97. The first-order chi connectivity index (χ1) is 11.9. The van der Waals surface area contributed by atoms with Gasteiger partial charge >= 0.3 is 11.9 Å². The Bertz CT molecular complexity index is 735. The van der Waals surface area contributed by atoms with Crippen LogP contribution in [-0.4, -0.2) is 33.6 Å². The minimum absolute atomic E-state index is 0.301. The van der Waals surface area contributed by atoms with Gasteiger partial charge in [-0.2, -0.15) is 0 Å². The summed E-state index contributed by atoms with van der Waals surface area (Å²) in [4.78, 5) is 29.9. The summed E-state index contributed by atoms with van der Waals surface area (Å²) in [5, 5.41) is 8.66. The lowest BCUT2D eigenvalue weighted by molar-refractivity contribution is 0.0525. The Morgan fingerprint density at radius 1 is 1.16 bits per heavy atom. The second kappa shape index (κ2) is 10.6. The number of aromatic carboxylic acids is 1. The fraction of sp³-hybridized carbons (Fsp3) is 0.333. The fourth-order valence-corrected chi connectivity index (χ4v) is 2.60. The van der Waals surface area contributed by atoms with Gasteiger partial charge in [-0.1, -0.05) is 13.8 Å². The molecule has 0 radical (unpaired) electrons. The zero-order valence-electron chi connectivity index (χ0n) is 14.5. The SMILES string of the molecule is CCOC(=O)c1cnc(CC)c(Br)c1.CCc1ncccc1C(=O)O. The molecule has 2 aromatic heterocycles. The third-order valence-electron chi connectivity index (χ3n) is 3.22. The van der Waals surface area contributed by atoms with Crippen molar-refractivity contribution >= 4 is 27.9 Å². The average molecular weight is 409 g/mol. The second-order valence-corrected chi connectivity index (χ2v) is 5.74. The molecule has 0 saturated heterocycles. The smallest absolute Gasteiger partial charge is 0.339 e. The predicted octanol–water partition coefficient (Wildman–Crippen LogP) is 3.93. The molecule has 0 spiro atoms. The van der Waals surface area contributed by atoms with E-state index in [1.165, 1.54) is 0 Å². The van der Waals surface area contributed by atoms with Crippen molar-refractivity contribution in [1.29, 1.82) is 0 Å². The number of carbonyl (C=O) groups is 2. The highest BCUT2D eigenvalue weighted by Gasteiger charge is 2.09. The zero-order valence-corrected chi connectivity index (χ0v) is 16.0. The van der Waals surface area contributed by atoms with Gasteiger partial charge in [0.25, 0.3) is 0 Å². The minimum Gasteiger partial charge on any atom is -0.478 e. The third-order valence-corrected chi connectivity index (χ3v) is 3.91. The van der Waals surface area contributed by atoms with Crippen molar-refractivity contribution in [2.75, 3.05) is 6.61 Å². The zero-order chi connectivity index (χ0) is 18.8. The maximum atomic E-state index is 11.3. The quantitative estimate of drug-likeness (QED) is 0.753. The molecule has 0 bridgehead atoms. The van der Waals surface area contributed by atoms with Crippen LogP contribution in [0.1, 0.15) is 52.9 Å². The molecule has 25 heavy (non-hydrogen) atoms. The maximum Gasteiger partial charge on any atom is 0.339 e. The van der Waals surface area contributed by atoms with Crippen molar-refractivity contribution in [3.05, 3.63) is 57.6 Å². The first-order valence-electron chi connectivity index (χ1n) is 7.93. The van der Waals surface area contributed by atoms with Gasteiger partial charge in [0.2, 0.25) is 0 Å². The molecule has 0 unspecified atom stereocenters. The highest BCUT2D eigenvalue weighted by Crippen LogP contribution is 2.17. The Balaban J connectivity index is 0.000000257. The molecule has 0 fully saturated rings. The summed E-state index contributed by atoms with van der Waals surface area (Å²) in [7, 11) is 0. The van der Waals surface area contributed by atoms with E-state index in [9.17, 15) is 9.59 Å². The normalized spacial score (nSPS) is 9.76. The molecule has 7 heteroatoms. The Morgan fingerprint density at radius 3 is 2.32 bits per heavy atom. The van der Waals surface area contributed by atoms with E-state index in [2.05, 4.69) is 25.9 Å². The molecule has 2 rings (SSSR count). The molecule has 134 valence electrons. The summed E-state index contributed by atoms with van der Waals surface area (Å²) < 4.78 is 5.71. The van der Waals surface area contributed by atoms with Gasteiger partial charge in [-0.25, -0.2) is 9.59 Å². The highest BCUT2D eigenvalue weighted by molar-refractivity contribution is 9.10. The lowest BCUT2D eigenvalue weighted by Gasteiger charge is -2.04. The standard InChI is InChI=1S/C10H12BrNO2.C8H9NO2/c1-3-9-8(11)5-7(6-12-9)10(13)14-4-2;1-2-7-6(8(10)11)4-3-5-9-7/h5-6H,3-4H2,1-2H3;3-5H,2H2,1H3,(H,10,11). The highest BCUT2D eigenvalue weighted by atomic mass is 79.9. The van der Waals surface area contributed by atoms with Crippen LogP contribution in [0, 0.1) is 0 Å². The minimum atomic E-state index is -0.907. The number of hydrogen-bond acceptors (Lipinski definition) is 5. The number of ether oxygens (including phenoxy) is 1. The summed E-state index contributed by atoms with van der Waals surface area (Å²) in [5.74, 6) is -1.24. The first kappa shape index (κ1) is 20.8. The lowest BCUT2D eigenvalue weighted by Crippen LogP contribution is -2.06. The molecule has 0 amide bonds. The van der Waals surface area contributed by atoms with Crippen LogP contribution in [0.4, 0.5) is 0 Å². The number of aryl methyl sites for hydroxylation is 2. The molecule has 2 heterocycles. The van der Waals surface area contributed by atoms with Crippen LogP contribution in [0.25, 0.3) is 0 Å². The van der Waals surface area contributed by atoms with Crippen molar-refractivity contribution in [2.24, 2.45) is 0 Å². The number of esters is 1. The van der Waals surface area contributed by atoms with Crippen LogP contribution in [-0.2, 0) is 17.6 Å². The second-order valence-electron chi connectivity index (χ2n) is 4.88. The summed E-state index contributed by atoms with van der Waals surface area (Å²) >= 11 is 3.36. The van der Waals surface area contributed by atoms with Crippen molar-refractivity contribution in [3.63, 3.8) is 0 Å². The summed E-state index contributed by atoms with van der Waals surface area (Å²) in [6.07, 6.45) is 4.64. The number of halogens is 1. The van der Waals surface area contributed by atoms with Gasteiger partial charge in [0.05, 0.1) is 29.1 Å². The van der Waals surface area contributed by atoms with Crippen molar-refractivity contribution in [1.82, 2.24) is 9.97 Å². The molecule has 6 nitrogen and oxygen atoms in total. The predicted molar refractivity (Wildman–Crippen MR) is 97.8 cm³/mol. The number of carbonyl (C=O) groups excluding carboxylic acids is 1. The van der Waals surface area contributed by atoms with Gasteiger partial charge in [0, 0.05) is 16.9 Å².